The van der Waals surface area contributed by atoms with Crippen molar-refractivity contribution in [3.05, 3.63) is 58.8 Å². The Morgan fingerprint density at radius 1 is 1.18 bits per heavy atom. The number of rotatable bonds is 4. The fourth-order valence-electron chi connectivity index (χ4n) is 4.52. The molecule has 0 saturated carbocycles. The van der Waals surface area contributed by atoms with E-state index in [4.69, 9.17) is 5.73 Å². The molecule has 1 aliphatic heterocycles. The molecule has 2 aliphatic rings. The van der Waals surface area contributed by atoms with Crippen molar-refractivity contribution < 1.29 is 0 Å². The molecule has 2 N–H and O–H groups in total. The third-order valence-corrected chi connectivity index (χ3v) is 6.18. The molecule has 0 spiro atoms. The lowest BCUT2D eigenvalue weighted by molar-refractivity contribution is 0.138. The Kier molecular flexibility index (Phi) is 5.55. The average molecular weight is 371 g/mol. The molecule has 0 aromatic heterocycles. The maximum absolute atomic E-state index is 10.0. The Morgan fingerprint density at radius 3 is 2.43 bits per heavy atom. The van der Waals surface area contributed by atoms with E-state index in [0.717, 1.165) is 25.1 Å². The van der Waals surface area contributed by atoms with E-state index in [2.05, 4.69) is 55.2 Å². The molecule has 1 aromatic rings. The predicted octanol–water partition coefficient (Wildman–Crippen LogP) is 3.29. The van der Waals surface area contributed by atoms with Gasteiger partial charge >= 0.3 is 0 Å². The minimum absolute atomic E-state index is 0.0545. The van der Waals surface area contributed by atoms with Crippen LogP contribution in [0.1, 0.15) is 25.8 Å². The number of fused-ring (bicyclic) bond motifs is 1. The van der Waals surface area contributed by atoms with Crippen LogP contribution in [0.5, 0.6) is 0 Å². The molecule has 5 nitrogen and oxygen atoms in total. The molecule has 142 valence electrons. The monoisotopic (exact) mass is 371 g/mol. The molecule has 1 aromatic carbocycles. The van der Waals surface area contributed by atoms with Crippen LogP contribution in [0, 0.1) is 51.2 Å². The molecule has 28 heavy (non-hydrogen) atoms. The second-order valence-corrected chi connectivity index (χ2v) is 7.88. The minimum Gasteiger partial charge on any atom is -0.399 e. The number of hydrogen-bond acceptors (Lipinski definition) is 5. The zero-order valence-corrected chi connectivity index (χ0v) is 16.4. The number of allylic oxidation sites excluding steroid dienone is 2. The fraction of sp³-hybridized carbons (Fsp3) is 0.435. The summed E-state index contributed by atoms with van der Waals surface area (Å²) in [6.45, 7) is 5.75. The van der Waals surface area contributed by atoms with Gasteiger partial charge < -0.3 is 5.73 Å². The first-order valence-corrected chi connectivity index (χ1v) is 9.69. The molecular weight excluding hydrogens is 346 g/mol. The van der Waals surface area contributed by atoms with Gasteiger partial charge in [0.05, 0.1) is 23.4 Å². The summed E-state index contributed by atoms with van der Waals surface area (Å²) >= 11 is 0. The van der Waals surface area contributed by atoms with Gasteiger partial charge in [-0.1, -0.05) is 36.4 Å². The first-order chi connectivity index (χ1) is 13.5. The molecule has 0 amide bonds. The lowest BCUT2D eigenvalue weighted by Crippen LogP contribution is -2.50. The highest BCUT2D eigenvalue weighted by atomic mass is 15.2. The van der Waals surface area contributed by atoms with E-state index in [1.807, 2.05) is 18.2 Å². The maximum Gasteiger partial charge on any atom is 0.187 e. The Hall–Kier alpha value is -3.07. The minimum atomic E-state index is -1.47. The highest BCUT2D eigenvalue weighted by Gasteiger charge is 2.53. The molecular formula is C23H25N5. The van der Waals surface area contributed by atoms with Gasteiger partial charge in [0.2, 0.25) is 0 Å². The van der Waals surface area contributed by atoms with Crippen LogP contribution < -0.4 is 5.73 Å². The van der Waals surface area contributed by atoms with E-state index in [1.165, 1.54) is 5.56 Å². The Bertz CT molecular complexity index is 906. The second-order valence-electron chi connectivity index (χ2n) is 7.88. The normalized spacial score (nSPS) is 23.9. The van der Waals surface area contributed by atoms with E-state index in [1.54, 1.807) is 0 Å². The fourth-order valence-corrected chi connectivity index (χ4v) is 4.52. The molecule has 2 unspecified atom stereocenters. The molecule has 2 atom stereocenters. The van der Waals surface area contributed by atoms with Gasteiger partial charge in [-0.3, -0.25) is 4.90 Å². The van der Waals surface area contributed by atoms with Crippen molar-refractivity contribution in [3.63, 3.8) is 0 Å². The topological polar surface area (TPSA) is 101 Å². The SMILES string of the molecule is CC(C)N1CC=C2C(C#N)=C(N)C(C#N)(C#N)C(CCc3ccccc3)C2C1. The zero-order valence-electron chi connectivity index (χ0n) is 16.4. The summed E-state index contributed by atoms with van der Waals surface area (Å²) in [7, 11) is 0. The molecule has 1 heterocycles. The van der Waals surface area contributed by atoms with Gasteiger partial charge in [-0.25, -0.2) is 0 Å². The number of aryl methyl sites for hydroxylation is 1. The van der Waals surface area contributed by atoms with Gasteiger partial charge in [0, 0.05) is 31.0 Å². The van der Waals surface area contributed by atoms with Crippen LogP contribution >= 0.6 is 0 Å². The van der Waals surface area contributed by atoms with E-state index in [0.29, 0.717) is 18.0 Å². The average Bonchev–Trinajstić information content (AvgIpc) is 2.72. The maximum atomic E-state index is 10.0. The summed E-state index contributed by atoms with van der Waals surface area (Å²) in [6.07, 6.45) is 3.49. The lowest BCUT2D eigenvalue weighted by atomic mass is 9.58. The van der Waals surface area contributed by atoms with Gasteiger partial charge in [0.25, 0.3) is 0 Å². The standard InChI is InChI=1S/C23H25N5/c1-16(2)28-11-10-18-19(12-24)22(27)23(14-25,15-26)21(20(18)13-28)9-8-17-6-4-3-5-7-17/h3-7,10,16,20-21H,8-9,11,13,27H2,1-2H3. The molecule has 0 bridgehead atoms. The molecule has 1 aliphatic carbocycles. The van der Waals surface area contributed by atoms with Gasteiger partial charge in [-0.15, -0.1) is 0 Å². The number of nitriles is 3. The van der Waals surface area contributed by atoms with Gasteiger partial charge in [-0.2, -0.15) is 15.8 Å². The van der Waals surface area contributed by atoms with Crippen molar-refractivity contribution in [2.24, 2.45) is 23.0 Å². The Morgan fingerprint density at radius 2 is 1.86 bits per heavy atom. The third kappa shape index (κ3) is 3.18. The van der Waals surface area contributed by atoms with E-state index in [9.17, 15) is 15.8 Å². The van der Waals surface area contributed by atoms with Crippen molar-refractivity contribution in [2.45, 2.75) is 32.7 Å². The number of nitrogens with two attached hydrogens (primary N) is 1. The summed E-state index contributed by atoms with van der Waals surface area (Å²) < 4.78 is 0. The van der Waals surface area contributed by atoms with Crippen LogP contribution in [0.2, 0.25) is 0 Å². The van der Waals surface area contributed by atoms with Gasteiger partial charge in [0.1, 0.15) is 6.07 Å². The molecule has 0 radical (unpaired) electrons. The molecule has 0 saturated heterocycles. The van der Waals surface area contributed by atoms with E-state index in [-0.39, 0.29) is 17.5 Å². The molecule has 3 rings (SSSR count). The van der Waals surface area contributed by atoms with Crippen LogP contribution in [0.4, 0.5) is 0 Å². The zero-order chi connectivity index (χ0) is 20.3. The number of benzene rings is 1. The smallest absolute Gasteiger partial charge is 0.187 e. The summed E-state index contributed by atoms with van der Waals surface area (Å²) in [5.41, 5.74) is 7.37. The largest absolute Gasteiger partial charge is 0.399 e. The Labute approximate surface area is 167 Å². The summed E-state index contributed by atoms with van der Waals surface area (Å²) in [5.74, 6) is -0.311. The van der Waals surface area contributed by atoms with Crippen molar-refractivity contribution in [2.75, 3.05) is 13.1 Å². The van der Waals surface area contributed by atoms with Crippen LogP contribution in [-0.4, -0.2) is 24.0 Å². The highest BCUT2D eigenvalue weighted by molar-refractivity contribution is 5.56. The van der Waals surface area contributed by atoms with Crippen LogP contribution in [0.3, 0.4) is 0 Å². The van der Waals surface area contributed by atoms with Crippen LogP contribution in [-0.2, 0) is 6.42 Å². The van der Waals surface area contributed by atoms with Crippen LogP contribution in [0.25, 0.3) is 0 Å². The van der Waals surface area contributed by atoms with Crippen molar-refractivity contribution >= 4 is 0 Å². The van der Waals surface area contributed by atoms with Crippen molar-refractivity contribution in [1.82, 2.24) is 4.90 Å². The van der Waals surface area contributed by atoms with Crippen LogP contribution in [0.15, 0.2) is 53.3 Å². The first-order valence-electron chi connectivity index (χ1n) is 9.69. The van der Waals surface area contributed by atoms with Gasteiger partial charge in [0.15, 0.2) is 5.41 Å². The molecule has 5 heteroatoms. The quantitative estimate of drug-likeness (QED) is 0.875. The third-order valence-electron chi connectivity index (χ3n) is 6.18. The molecule has 0 fully saturated rings. The number of nitrogens with zero attached hydrogens (tertiary/aromatic N) is 4. The van der Waals surface area contributed by atoms with Crippen molar-refractivity contribution in [1.29, 1.82) is 15.8 Å². The summed E-state index contributed by atoms with van der Waals surface area (Å²) in [6, 6.07) is 17.0. The predicted molar refractivity (Wildman–Crippen MR) is 107 cm³/mol. The first kappa shape index (κ1) is 19.7. The summed E-state index contributed by atoms with van der Waals surface area (Å²) in [5, 5.41) is 29.8. The lowest BCUT2D eigenvalue weighted by Gasteiger charge is -2.46. The highest BCUT2D eigenvalue weighted by Crippen LogP contribution is 2.51. The van der Waals surface area contributed by atoms with E-state index >= 15 is 0 Å². The number of hydrogen-bond donors (Lipinski definition) is 1. The van der Waals surface area contributed by atoms with Crippen molar-refractivity contribution in [3.8, 4) is 18.2 Å². The van der Waals surface area contributed by atoms with Gasteiger partial charge in [-0.05, 0) is 37.8 Å². The van der Waals surface area contributed by atoms with E-state index < -0.39 is 5.41 Å². The summed E-state index contributed by atoms with van der Waals surface area (Å²) in [4.78, 5) is 2.32. The second kappa shape index (κ2) is 7.89. The Balaban J connectivity index is 2.07.